The number of nitrogens with two attached hydrogens (primary N) is 1. The first-order chi connectivity index (χ1) is 13.0. The SMILES string of the molecule is CC(C)C[C@H]1c2nc(C3CC3)nn2CCN1C(=O)[C@@H](N)Cc1ccncc1. The summed E-state index contributed by atoms with van der Waals surface area (Å²) in [7, 11) is 0. The zero-order chi connectivity index (χ0) is 19.0. The van der Waals surface area contributed by atoms with Gasteiger partial charge in [0, 0.05) is 24.9 Å². The zero-order valence-electron chi connectivity index (χ0n) is 16.1. The third-order valence-electron chi connectivity index (χ3n) is 5.39. The van der Waals surface area contributed by atoms with Gasteiger partial charge in [-0.15, -0.1) is 0 Å². The number of hydrogen-bond donors (Lipinski definition) is 1. The molecule has 1 saturated carbocycles. The Kier molecular flexibility index (Phi) is 4.95. The van der Waals surface area contributed by atoms with Gasteiger partial charge in [-0.1, -0.05) is 13.8 Å². The van der Waals surface area contributed by atoms with Crippen LogP contribution in [0.25, 0.3) is 0 Å². The average Bonchev–Trinajstić information content (AvgIpc) is 3.41. The Morgan fingerprint density at radius 3 is 2.67 bits per heavy atom. The van der Waals surface area contributed by atoms with Crippen LogP contribution in [-0.2, 0) is 17.8 Å². The number of amides is 1. The molecule has 1 aliphatic heterocycles. The predicted octanol–water partition coefficient (Wildman–Crippen LogP) is 2.05. The summed E-state index contributed by atoms with van der Waals surface area (Å²) in [5, 5.41) is 4.71. The molecule has 1 amide bonds. The number of aromatic nitrogens is 4. The van der Waals surface area contributed by atoms with Gasteiger partial charge in [-0.25, -0.2) is 9.67 Å². The maximum Gasteiger partial charge on any atom is 0.240 e. The van der Waals surface area contributed by atoms with Crippen molar-refractivity contribution in [3.63, 3.8) is 0 Å². The maximum absolute atomic E-state index is 13.2. The molecule has 2 aromatic rings. The van der Waals surface area contributed by atoms with Crippen molar-refractivity contribution in [2.75, 3.05) is 6.54 Å². The van der Waals surface area contributed by atoms with Crippen LogP contribution < -0.4 is 5.73 Å². The van der Waals surface area contributed by atoms with E-state index in [0.29, 0.717) is 31.3 Å². The second-order valence-corrected chi connectivity index (χ2v) is 8.17. The van der Waals surface area contributed by atoms with Gasteiger partial charge in [-0.3, -0.25) is 9.78 Å². The fourth-order valence-electron chi connectivity index (χ4n) is 3.81. The topological polar surface area (TPSA) is 89.9 Å². The summed E-state index contributed by atoms with van der Waals surface area (Å²) in [5.41, 5.74) is 7.33. The molecule has 0 bridgehead atoms. The van der Waals surface area contributed by atoms with Gasteiger partial charge in [-0.2, -0.15) is 5.10 Å². The van der Waals surface area contributed by atoms with Crippen LogP contribution in [0.1, 0.15) is 62.3 Å². The molecule has 144 valence electrons. The van der Waals surface area contributed by atoms with Crippen LogP contribution in [-0.4, -0.2) is 43.1 Å². The molecule has 7 nitrogen and oxygen atoms in total. The predicted molar refractivity (Wildman–Crippen MR) is 102 cm³/mol. The van der Waals surface area contributed by atoms with E-state index in [1.165, 1.54) is 12.8 Å². The van der Waals surface area contributed by atoms with Crippen LogP contribution in [0.3, 0.4) is 0 Å². The van der Waals surface area contributed by atoms with Gasteiger partial charge < -0.3 is 10.6 Å². The monoisotopic (exact) mass is 368 g/mol. The molecule has 0 spiro atoms. The Hall–Kier alpha value is -2.28. The lowest BCUT2D eigenvalue weighted by atomic mass is 9.98. The molecule has 0 radical (unpaired) electrons. The van der Waals surface area contributed by atoms with Crippen molar-refractivity contribution in [3.8, 4) is 0 Å². The van der Waals surface area contributed by atoms with E-state index in [1.54, 1.807) is 12.4 Å². The van der Waals surface area contributed by atoms with E-state index in [4.69, 9.17) is 15.8 Å². The first-order valence-corrected chi connectivity index (χ1v) is 9.92. The molecule has 27 heavy (non-hydrogen) atoms. The highest BCUT2D eigenvalue weighted by Crippen LogP contribution is 2.40. The molecule has 3 heterocycles. The summed E-state index contributed by atoms with van der Waals surface area (Å²) in [5.74, 6) is 2.85. The summed E-state index contributed by atoms with van der Waals surface area (Å²) >= 11 is 0. The summed E-state index contributed by atoms with van der Waals surface area (Å²) in [6.07, 6.45) is 7.21. The van der Waals surface area contributed by atoms with Crippen molar-refractivity contribution in [2.24, 2.45) is 11.7 Å². The minimum atomic E-state index is -0.556. The Morgan fingerprint density at radius 1 is 1.26 bits per heavy atom. The van der Waals surface area contributed by atoms with Gasteiger partial charge >= 0.3 is 0 Å². The van der Waals surface area contributed by atoms with E-state index in [1.807, 2.05) is 21.7 Å². The molecule has 0 unspecified atom stereocenters. The summed E-state index contributed by atoms with van der Waals surface area (Å²) in [4.78, 5) is 24.0. The molecular weight excluding hydrogens is 340 g/mol. The van der Waals surface area contributed by atoms with Crippen molar-refractivity contribution in [2.45, 2.75) is 64.1 Å². The number of pyridine rings is 1. The highest BCUT2D eigenvalue weighted by atomic mass is 16.2. The van der Waals surface area contributed by atoms with Gasteiger partial charge in [-0.05, 0) is 49.3 Å². The van der Waals surface area contributed by atoms with E-state index in [0.717, 1.165) is 23.6 Å². The van der Waals surface area contributed by atoms with Gasteiger partial charge in [0.05, 0.1) is 18.6 Å². The third-order valence-corrected chi connectivity index (χ3v) is 5.39. The smallest absolute Gasteiger partial charge is 0.240 e. The summed E-state index contributed by atoms with van der Waals surface area (Å²) in [6, 6.07) is 3.22. The number of hydrogen-bond acceptors (Lipinski definition) is 5. The minimum Gasteiger partial charge on any atom is -0.329 e. The van der Waals surface area contributed by atoms with Gasteiger partial charge in [0.15, 0.2) is 5.82 Å². The standard InChI is InChI=1S/C20H28N6O/c1-13(2)11-17-19-23-18(15-3-4-15)24-26(19)10-9-25(17)20(27)16(21)12-14-5-7-22-8-6-14/h5-8,13,15-17H,3-4,9-12,21H2,1-2H3/t16-,17-/m0/s1. The quantitative estimate of drug-likeness (QED) is 0.843. The van der Waals surface area contributed by atoms with Crippen LogP contribution in [0.2, 0.25) is 0 Å². The van der Waals surface area contributed by atoms with Crippen molar-refractivity contribution in [3.05, 3.63) is 41.7 Å². The van der Waals surface area contributed by atoms with E-state index in [-0.39, 0.29) is 11.9 Å². The normalized spacial score (nSPS) is 20.6. The highest BCUT2D eigenvalue weighted by molar-refractivity contribution is 5.82. The molecule has 2 aliphatic rings. The molecule has 1 aliphatic carbocycles. The highest BCUT2D eigenvalue weighted by Gasteiger charge is 2.38. The minimum absolute atomic E-state index is 0.000292. The molecule has 4 rings (SSSR count). The van der Waals surface area contributed by atoms with E-state index in [2.05, 4.69) is 18.8 Å². The molecule has 1 fully saturated rings. The van der Waals surface area contributed by atoms with Gasteiger partial charge in [0.25, 0.3) is 0 Å². The molecule has 0 aromatic carbocycles. The van der Waals surface area contributed by atoms with E-state index < -0.39 is 6.04 Å². The maximum atomic E-state index is 13.2. The lowest BCUT2D eigenvalue weighted by Crippen LogP contribution is -2.50. The van der Waals surface area contributed by atoms with Crippen molar-refractivity contribution in [1.82, 2.24) is 24.6 Å². The number of carbonyl (C=O) groups is 1. The molecule has 2 N–H and O–H groups in total. The molecular formula is C20H28N6O. The first-order valence-electron chi connectivity index (χ1n) is 9.92. The van der Waals surface area contributed by atoms with Crippen molar-refractivity contribution < 1.29 is 4.79 Å². The molecule has 2 atom stereocenters. The van der Waals surface area contributed by atoms with Crippen molar-refractivity contribution >= 4 is 5.91 Å². The Morgan fingerprint density at radius 2 is 2.00 bits per heavy atom. The number of nitrogens with zero attached hydrogens (tertiary/aromatic N) is 5. The third kappa shape index (κ3) is 3.88. The molecule has 2 aromatic heterocycles. The van der Waals surface area contributed by atoms with Crippen LogP contribution >= 0.6 is 0 Å². The van der Waals surface area contributed by atoms with E-state index >= 15 is 0 Å². The Balaban J connectivity index is 1.55. The van der Waals surface area contributed by atoms with Crippen molar-refractivity contribution in [1.29, 1.82) is 0 Å². The fourth-order valence-corrected chi connectivity index (χ4v) is 3.81. The van der Waals surface area contributed by atoms with Crippen LogP contribution in [0.5, 0.6) is 0 Å². The lowest BCUT2D eigenvalue weighted by Gasteiger charge is -2.37. The van der Waals surface area contributed by atoms with Crippen LogP contribution in [0.4, 0.5) is 0 Å². The zero-order valence-corrected chi connectivity index (χ0v) is 16.1. The van der Waals surface area contributed by atoms with Gasteiger partial charge in [0.1, 0.15) is 5.82 Å². The largest absolute Gasteiger partial charge is 0.329 e. The summed E-state index contributed by atoms with van der Waals surface area (Å²) in [6.45, 7) is 5.69. The van der Waals surface area contributed by atoms with Crippen LogP contribution in [0, 0.1) is 5.92 Å². The number of carbonyl (C=O) groups excluding carboxylic acids is 1. The van der Waals surface area contributed by atoms with E-state index in [9.17, 15) is 4.79 Å². The average molecular weight is 368 g/mol. The lowest BCUT2D eigenvalue weighted by molar-refractivity contribution is -0.136. The second-order valence-electron chi connectivity index (χ2n) is 8.17. The Labute approximate surface area is 160 Å². The van der Waals surface area contributed by atoms with Gasteiger partial charge in [0.2, 0.25) is 5.91 Å². The molecule has 7 heteroatoms. The first kappa shape index (κ1) is 18.1. The molecule has 0 saturated heterocycles. The fraction of sp³-hybridized carbons (Fsp3) is 0.600. The Bertz CT molecular complexity index is 798. The number of fused-ring (bicyclic) bond motifs is 1. The number of rotatable bonds is 6. The summed E-state index contributed by atoms with van der Waals surface area (Å²) < 4.78 is 2.01. The second kappa shape index (κ2) is 7.38. The van der Waals surface area contributed by atoms with Crippen LogP contribution in [0.15, 0.2) is 24.5 Å².